The van der Waals surface area contributed by atoms with Crippen LogP contribution in [0.5, 0.6) is 0 Å². The summed E-state index contributed by atoms with van der Waals surface area (Å²) in [4.78, 5) is 80.8. The number of hydrogen-bond donors (Lipinski definition) is 4. The Labute approximate surface area is 339 Å². The second kappa shape index (κ2) is 21.9. The van der Waals surface area contributed by atoms with Gasteiger partial charge in [-0.25, -0.2) is 14.4 Å². The molecule has 16 nitrogen and oxygen atoms in total. The number of carbonyl (C=O) groups is 6. The van der Waals surface area contributed by atoms with E-state index in [-0.39, 0.29) is 37.8 Å². The number of esters is 3. The van der Waals surface area contributed by atoms with Gasteiger partial charge < -0.3 is 45.5 Å². The van der Waals surface area contributed by atoms with Crippen molar-refractivity contribution >= 4 is 41.8 Å². The molecule has 0 aromatic heterocycles. The molecule has 0 radical (unpaired) electrons. The van der Waals surface area contributed by atoms with Crippen LogP contribution in [0.4, 0.5) is 0 Å². The summed E-state index contributed by atoms with van der Waals surface area (Å²) in [6.45, 7) is 12.5. The Kier molecular flexibility index (Phi) is 17.7. The number of rotatable bonds is 21. The lowest BCUT2D eigenvalue weighted by molar-refractivity contribution is -0.251. The topological polar surface area (TPSA) is 245 Å². The van der Waals surface area contributed by atoms with Gasteiger partial charge in [0.1, 0.15) is 24.2 Å². The number of carbonyl (C=O) groups excluding carboxylic acids is 5. The van der Waals surface area contributed by atoms with Gasteiger partial charge in [-0.3, -0.25) is 19.4 Å². The van der Waals surface area contributed by atoms with Crippen LogP contribution in [0.3, 0.4) is 0 Å². The number of benzene rings is 2. The number of ether oxygens (including phenoxy) is 4. The van der Waals surface area contributed by atoms with E-state index in [4.69, 9.17) is 29.8 Å². The van der Waals surface area contributed by atoms with Crippen LogP contribution < -0.4 is 21.5 Å². The van der Waals surface area contributed by atoms with Crippen LogP contribution in [0, 0.1) is 17.8 Å². The fourth-order valence-electron chi connectivity index (χ4n) is 6.12. The molecule has 0 aliphatic heterocycles. The average molecular weight is 810 g/mol. The second-order valence-electron chi connectivity index (χ2n) is 15.3. The Bertz CT molecular complexity index is 1750. The predicted molar refractivity (Wildman–Crippen MR) is 211 cm³/mol. The van der Waals surface area contributed by atoms with Crippen molar-refractivity contribution in [2.75, 3.05) is 13.2 Å². The number of nitrogens with two attached hydrogens (primary N) is 1. The number of hydrogen-bond acceptors (Lipinski definition) is 13. The van der Waals surface area contributed by atoms with Crippen LogP contribution in [-0.2, 0) is 47.7 Å². The van der Waals surface area contributed by atoms with E-state index in [1.807, 2.05) is 48.5 Å². The first kappa shape index (κ1) is 46.9. The van der Waals surface area contributed by atoms with E-state index in [0.717, 1.165) is 22.3 Å². The highest BCUT2D eigenvalue weighted by Gasteiger charge is 2.36. The molecule has 318 valence electrons. The van der Waals surface area contributed by atoms with Crippen molar-refractivity contribution < 1.29 is 57.9 Å². The summed E-state index contributed by atoms with van der Waals surface area (Å²) >= 11 is 0. The Balaban J connectivity index is 1.68. The molecule has 2 amide bonds. The number of nitrogens with one attached hydrogen (secondary N) is 2. The lowest BCUT2D eigenvalue weighted by atomic mass is 9.98. The van der Waals surface area contributed by atoms with E-state index >= 15 is 0 Å². The lowest BCUT2D eigenvalue weighted by Crippen LogP contribution is -2.53. The van der Waals surface area contributed by atoms with Crippen molar-refractivity contribution in [3.05, 3.63) is 59.7 Å². The van der Waals surface area contributed by atoms with E-state index in [9.17, 15) is 33.9 Å². The van der Waals surface area contributed by atoms with Crippen molar-refractivity contribution in [2.24, 2.45) is 28.5 Å². The minimum Gasteiger partial charge on any atom is -0.599 e. The van der Waals surface area contributed by atoms with Gasteiger partial charge in [-0.2, -0.15) is 0 Å². The van der Waals surface area contributed by atoms with Crippen molar-refractivity contribution in [2.45, 2.75) is 117 Å². The monoisotopic (exact) mass is 809 g/mol. The smallest absolute Gasteiger partial charge is 0.344 e. The molecule has 6 unspecified atom stereocenters. The molecule has 0 saturated heterocycles. The van der Waals surface area contributed by atoms with Gasteiger partial charge in [0.05, 0.1) is 0 Å². The molecule has 6 atom stereocenters. The van der Waals surface area contributed by atoms with Gasteiger partial charge in [0, 0.05) is 19.1 Å². The van der Waals surface area contributed by atoms with Crippen LogP contribution in [0.25, 0.3) is 11.1 Å². The third-order valence-electron chi connectivity index (χ3n) is 9.70. The van der Waals surface area contributed by atoms with Crippen molar-refractivity contribution in [3.63, 3.8) is 0 Å². The fourth-order valence-corrected chi connectivity index (χ4v) is 6.12. The zero-order chi connectivity index (χ0) is 43.3. The SMILES string of the molecule is CC(OC(=O)C(NC(=O)C(OC(=O)C(CCCCN=C([O-])OCC1c2ccccc2-c2ccccc21)NC(=O)C(C)OC(=O)C(N)C(C)C)C(C)C)C(C)C)C(=O)O. The van der Waals surface area contributed by atoms with Gasteiger partial charge in [0.2, 0.25) is 0 Å². The molecular formula is C42H57N4O12-. The third kappa shape index (κ3) is 13.0. The van der Waals surface area contributed by atoms with Gasteiger partial charge in [0.15, 0.2) is 18.3 Å². The van der Waals surface area contributed by atoms with Gasteiger partial charge in [-0.15, -0.1) is 0 Å². The molecule has 0 spiro atoms. The minimum atomic E-state index is -1.47. The summed E-state index contributed by atoms with van der Waals surface area (Å²) in [5.41, 5.74) is 10.2. The van der Waals surface area contributed by atoms with E-state index in [2.05, 4.69) is 15.6 Å². The van der Waals surface area contributed by atoms with Crippen molar-refractivity contribution in [1.82, 2.24) is 10.6 Å². The van der Waals surface area contributed by atoms with Crippen LogP contribution in [0.15, 0.2) is 53.5 Å². The second-order valence-corrected chi connectivity index (χ2v) is 15.3. The zero-order valence-electron chi connectivity index (χ0n) is 34.4. The molecule has 58 heavy (non-hydrogen) atoms. The minimum absolute atomic E-state index is 0.0165. The van der Waals surface area contributed by atoms with Gasteiger partial charge >= 0.3 is 23.9 Å². The number of aliphatic imine (C=N–C) groups is 1. The fraction of sp³-hybridized carbons (Fsp3) is 0.548. The summed E-state index contributed by atoms with van der Waals surface area (Å²) in [6.07, 6.45) is -4.45. The van der Waals surface area contributed by atoms with Crippen molar-refractivity contribution in [1.29, 1.82) is 0 Å². The summed E-state index contributed by atoms with van der Waals surface area (Å²) in [6, 6.07) is 12.3. The van der Waals surface area contributed by atoms with Crippen LogP contribution in [0.2, 0.25) is 0 Å². The highest BCUT2D eigenvalue weighted by Crippen LogP contribution is 2.44. The molecule has 3 rings (SSSR count). The molecule has 0 fully saturated rings. The average Bonchev–Trinajstić information content (AvgIpc) is 3.49. The summed E-state index contributed by atoms with van der Waals surface area (Å²) in [5.74, 6) is -7.36. The maximum Gasteiger partial charge on any atom is 0.344 e. The normalized spacial score (nSPS) is 15.6. The Hall–Kier alpha value is -5.51. The molecule has 0 bridgehead atoms. The van der Waals surface area contributed by atoms with Crippen LogP contribution >= 0.6 is 0 Å². The molecule has 1 aliphatic rings. The maximum absolute atomic E-state index is 13.7. The van der Waals surface area contributed by atoms with Gasteiger partial charge in [0.25, 0.3) is 11.8 Å². The van der Waals surface area contributed by atoms with E-state index in [1.165, 1.54) is 13.8 Å². The molecule has 2 aromatic carbocycles. The highest BCUT2D eigenvalue weighted by atomic mass is 16.6. The lowest BCUT2D eigenvalue weighted by Gasteiger charge is -2.28. The molecular weight excluding hydrogens is 752 g/mol. The maximum atomic E-state index is 13.7. The van der Waals surface area contributed by atoms with Gasteiger partial charge in [-0.1, -0.05) is 90.1 Å². The van der Waals surface area contributed by atoms with E-state index < -0.39 is 90.0 Å². The molecule has 2 aromatic rings. The summed E-state index contributed by atoms with van der Waals surface area (Å²) in [5, 5.41) is 26.8. The third-order valence-corrected chi connectivity index (χ3v) is 9.70. The molecule has 16 heteroatoms. The summed E-state index contributed by atoms with van der Waals surface area (Å²) < 4.78 is 21.4. The highest BCUT2D eigenvalue weighted by molar-refractivity contribution is 5.92. The summed E-state index contributed by atoms with van der Waals surface area (Å²) in [7, 11) is 0. The first-order valence-corrected chi connectivity index (χ1v) is 19.6. The van der Waals surface area contributed by atoms with Gasteiger partial charge in [-0.05, 0) is 73.1 Å². The molecule has 0 heterocycles. The number of amides is 2. The Morgan fingerprint density at radius 1 is 0.724 bits per heavy atom. The predicted octanol–water partition coefficient (Wildman–Crippen LogP) is 2.83. The molecule has 5 N–H and O–H groups in total. The zero-order valence-corrected chi connectivity index (χ0v) is 34.4. The largest absolute Gasteiger partial charge is 0.599 e. The first-order valence-electron chi connectivity index (χ1n) is 19.6. The standard InChI is InChI=1S/C42H58N4O12/c1-22(2)33(43)40(52)56-25(7)36(47)45-32(39(51)58-35(24(5)6)37(48)46-34(23(3)4)41(53)57-26(8)38(49)50)19-13-14-20-44-42(54)55-21-31-29-17-11-9-15-27(29)28-16-10-12-18-30(28)31/h9-12,15-18,22-26,31-35H,13-14,19-21,43H2,1-8H3,(H,44,54)(H,45,47)(H,46,48)(H,49,50)/p-1. The van der Waals surface area contributed by atoms with Crippen LogP contribution in [-0.4, -0.2) is 96.5 Å². The molecule has 1 aliphatic carbocycles. The van der Waals surface area contributed by atoms with Crippen molar-refractivity contribution in [3.8, 4) is 11.1 Å². The van der Waals surface area contributed by atoms with E-state index in [1.54, 1.807) is 41.5 Å². The quantitative estimate of drug-likeness (QED) is 0.0467. The Morgan fingerprint density at radius 2 is 1.29 bits per heavy atom. The van der Waals surface area contributed by atoms with Crippen LogP contribution in [0.1, 0.15) is 91.7 Å². The number of nitrogens with zero attached hydrogens (tertiary/aromatic N) is 1. The Morgan fingerprint density at radius 3 is 1.83 bits per heavy atom. The first-order chi connectivity index (χ1) is 27.3. The number of carboxylic acid groups (broad SMARTS) is 1. The number of aliphatic carboxylic acids is 1. The molecule has 0 saturated carbocycles. The van der Waals surface area contributed by atoms with E-state index in [0.29, 0.717) is 6.42 Å². The number of carboxylic acids is 1. The number of unbranched alkanes of at least 4 members (excludes halogenated alkanes) is 1. The number of fused-ring (bicyclic) bond motifs is 3.